The van der Waals surface area contributed by atoms with Gasteiger partial charge in [0.15, 0.2) is 0 Å². The third kappa shape index (κ3) is 3.38. The van der Waals surface area contributed by atoms with Crippen LogP contribution in [0.25, 0.3) is 0 Å². The van der Waals surface area contributed by atoms with Gasteiger partial charge in [0.2, 0.25) is 0 Å². The fourth-order valence-electron chi connectivity index (χ4n) is 1.21. The molecule has 0 fully saturated rings. The Balaban J connectivity index is 0.00000225. The number of alkyl halides is 2. The number of aliphatic hydroxyl groups excluding tert-OH is 1. The average Bonchev–Trinajstić information content (AvgIpc) is 2.17. The van der Waals surface area contributed by atoms with Crippen LogP contribution in [-0.2, 0) is 0 Å². The van der Waals surface area contributed by atoms with Gasteiger partial charge in [0, 0.05) is 4.47 Å². The molecule has 3 N–H and O–H groups in total. The van der Waals surface area contributed by atoms with Crippen LogP contribution >= 0.6 is 28.3 Å². The number of hydrogen-bond donors (Lipinski definition) is 2. The predicted molar refractivity (Wildman–Crippen MR) is 65.1 cm³/mol. The van der Waals surface area contributed by atoms with E-state index in [-0.39, 0.29) is 12.4 Å². The molecule has 1 aromatic carbocycles. The first-order valence-corrected chi connectivity index (χ1v) is 5.18. The molecule has 0 unspecified atom stereocenters. The Hall–Kier alpha value is -0.230. The zero-order valence-corrected chi connectivity index (χ0v) is 11.0. The van der Waals surface area contributed by atoms with Gasteiger partial charge in [-0.25, -0.2) is 8.78 Å². The van der Waals surface area contributed by atoms with Crippen molar-refractivity contribution in [1.82, 2.24) is 0 Å². The molecule has 16 heavy (non-hydrogen) atoms. The number of nitrogens with two attached hydrogens (primary N) is 1. The summed E-state index contributed by atoms with van der Waals surface area (Å²) in [7, 11) is 0. The van der Waals surface area contributed by atoms with E-state index in [0.717, 1.165) is 5.56 Å². The minimum Gasteiger partial charge on any atom is -0.390 e. The smallest absolute Gasteiger partial charge is 0.289 e. The first-order chi connectivity index (χ1) is 6.88. The molecule has 1 aromatic rings. The van der Waals surface area contributed by atoms with E-state index < -0.39 is 18.6 Å². The van der Waals surface area contributed by atoms with Crippen molar-refractivity contribution in [2.24, 2.45) is 5.73 Å². The summed E-state index contributed by atoms with van der Waals surface area (Å²) in [5.41, 5.74) is 6.63. The van der Waals surface area contributed by atoms with E-state index in [4.69, 9.17) is 10.8 Å². The number of aliphatic hydroxyl groups is 1. The van der Waals surface area contributed by atoms with Crippen molar-refractivity contribution in [3.05, 3.63) is 33.8 Å². The first kappa shape index (κ1) is 15.8. The molecule has 0 aliphatic carbocycles. The number of rotatable bonds is 3. The molecule has 0 saturated carbocycles. The van der Waals surface area contributed by atoms with Crippen molar-refractivity contribution in [1.29, 1.82) is 0 Å². The van der Waals surface area contributed by atoms with Gasteiger partial charge in [0.25, 0.3) is 5.92 Å². The molecule has 0 aliphatic heterocycles. The predicted octanol–water partition coefficient (Wildman–Crippen LogP) is 2.81. The Morgan fingerprint density at radius 2 is 2.06 bits per heavy atom. The van der Waals surface area contributed by atoms with Crippen LogP contribution in [0, 0.1) is 6.92 Å². The zero-order valence-electron chi connectivity index (χ0n) is 8.58. The molecule has 2 nitrogen and oxygen atoms in total. The normalized spacial score (nSPS) is 13.1. The molecule has 0 aromatic heterocycles. The maximum Gasteiger partial charge on any atom is 0.289 e. The Bertz CT molecular complexity index is 363. The summed E-state index contributed by atoms with van der Waals surface area (Å²) < 4.78 is 26.8. The highest BCUT2D eigenvalue weighted by Gasteiger charge is 2.38. The lowest BCUT2D eigenvalue weighted by atomic mass is 10.0. The van der Waals surface area contributed by atoms with Crippen LogP contribution < -0.4 is 5.73 Å². The van der Waals surface area contributed by atoms with Gasteiger partial charge in [-0.15, -0.1) is 12.4 Å². The average molecular weight is 317 g/mol. The van der Waals surface area contributed by atoms with Crippen molar-refractivity contribution in [3.8, 4) is 0 Å². The van der Waals surface area contributed by atoms with Crippen molar-refractivity contribution >= 4 is 28.3 Å². The molecule has 0 bridgehead atoms. The van der Waals surface area contributed by atoms with Crippen LogP contribution in [0.4, 0.5) is 8.78 Å². The Labute approximate surface area is 107 Å². The van der Waals surface area contributed by atoms with Crippen LogP contribution in [0.5, 0.6) is 0 Å². The summed E-state index contributed by atoms with van der Waals surface area (Å²) in [5, 5.41) is 8.53. The quantitative estimate of drug-likeness (QED) is 0.901. The van der Waals surface area contributed by atoms with E-state index in [2.05, 4.69) is 15.9 Å². The topological polar surface area (TPSA) is 46.2 Å². The van der Waals surface area contributed by atoms with E-state index in [1.165, 1.54) is 6.07 Å². The van der Waals surface area contributed by atoms with E-state index in [0.29, 0.717) is 10.0 Å². The van der Waals surface area contributed by atoms with Gasteiger partial charge in [-0.2, -0.15) is 0 Å². The van der Waals surface area contributed by atoms with Crippen LogP contribution in [0.3, 0.4) is 0 Å². The molecule has 1 rings (SSSR count). The van der Waals surface area contributed by atoms with Crippen molar-refractivity contribution in [3.63, 3.8) is 0 Å². The lowest BCUT2D eigenvalue weighted by molar-refractivity contribution is -0.0713. The van der Waals surface area contributed by atoms with Crippen LogP contribution in [0.1, 0.15) is 17.2 Å². The van der Waals surface area contributed by atoms with Gasteiger partial charge < -0.3 is 10.8 Å². The van der Waals surface area contributed by atoms with Crippen molar-refractivity contribution < 1.29 is 13.9 Å². The van der Waals surface area contributed by atoms with Crippen LogP contribution in [0.2, 0.25) is 0 Å². The van der Waals surface area contributed by atoms with E-state index in [1.807, 2.05) is 6.92 Å². The van der Waals surface area contributed by atoms with Gasteiger partial charge >= 0.3 is 0 Å². The molecule has 0 aliphatic rings. The van der Waals surface area contributed by atoms with Crippen LogP contribution in [0.15, 0.2) is 22.7 Å². The summed E-state index contributed by atoms with van der Waals surface area (Å²) in [4.78, 5) is 0. The van der Waals surface area contributed by atoms with Crippen molar-refractivity contribution in [2.45, 2.75) is 18.9 Å². The fraction of sp³-hybridized carbons (Fsp3) is 0.400. The highest BCUT2D eigenvalue weighted by Crippen LogP contribution is 2.33. The highest BCUT2D eigenvalue weighted by molar-refractivity contribution is 9.10. The van der Waals surface area contributed by atoms with Crippen molar-refractivity contribution in [2.75, 3.05) is 6.61 Å². The largest absolute Gasteiger partial charge is 0.390 e. The summed E-state index contributed by atoms with van der Waals surface area (Å²) in [6.07, 6.45) is 0. The molecule has 1 atom stereocenters. The summed E-state index contributed by atoms with van der Waals surface area (Å²) in [6.45, 7) is 0.596. The second-order valence-electron chi connectivity index (χ2n) is 3.42. The Kier molecular flexibility index (Phi) is 5.82. The third-order valence-electron chi connectivity index (χ3n) is 2.16. The summed E-state index contributed by atoms with van der Waals surface area (Å²) in [6, 6.07) is 3.45. The lowest BCUT2D eigenvalue weighted by Gasteiger charge is -2.22. The minimum absolute atomic E-state index is 0. The van der Waals surface area contributed by atoms with Gasteiger partial charge in [0.1, 0.15) is 6.61 Å². The van der Waals surface area contributed by atoms with Gasteiger partial charge in [-0.1, -0.05) is 28.1 Å². The molecular formula is C10H13BrClF2NO. The Morgan fingerprint density at radius 1 is 1.50 bits per heavy atom. The molecule has 6 heteroatoms. The lowest BCUT2D eigenvalue weighted by Crippen LogP contribution is -2.36. The molecule has 0 saturated heterocycles. The maximum atomic E-state index is 13.1. The standard InChI is InChI=1S/C10H12BrF2NO.ClH/c1-6-2-3-7(8(11)4-6)9(14)10(12,13)5-15;/h2-4,9,15H,5,14H2,1H3;1H/t9-;/m0./s1. The highest BCUT2D eigenvalue weighted by atomic mass is 79.9. The first-order valence-electron chi connectivity index (χ1n) is 4.39. The summed E-state index contributed by atoms with van der Waals surface area (Å²) in [5.74, 6) is -3.31. The molecule has 0 spiro atoms. The third-order valence-corrected chi connectivity index (χ3v) is 2.84. The SMILES string of the molecule is Cc1ccc([C@H](N)C(F)(F)CO)c(Br)c1.Cl. The number of hydrogen-bond acceptors (Lipinski definition) is 2. The minimum atomic E-state index is -3.31. The van der Waals surface area contributed by atoms with Gasteiger partial charge in [-0.05, 0) is 24.1 Å². The second-order valence-corrected chi connectivity index (χ2v) is 4.28. The van der Waals surface area contributed by atoms with E-state index in [9.17, 15) is 8.78 Å². The monoisotopic (exact) mass is 315 g/mol. The fourth-order valence-corrected chi connectivity index (χ4v) is 1.95. The molecule has 0 amide bonds. The number of aryl methyl sites for hydroxylation is 1. The molecule has 0 radical (unpaired) electrons. The molecule has 92 valence electrons. The zero-order chi connectivity index (χ0) is 11.6. The second kappa shape index (κ2) is 5.91. The van der Waals surface area contributed by atoms with Gasteiger partial charge in [-0.3, -0.25) is 0 Å². The van der Waals surface area contributed by atoms with E-state index >= 15 is 0 Å². The van der Waals surface area contributed by atoms with Crippen LogP contribution in [-0.4, -0.2) is 17.6 Å². The summed E-state index contributed by atoms with van der Waals surface area (Å²) >= 11 is 3.17. The molecule has 0 heterocycles. The Morgan fingerprint density at radius 3 is 2.50 bits per heavy atom. The van der Waals surface area contributed by atoms with E-state index in [1.54, 1.807) is 12.1 Å². The number of benzene rings is 1. The molecular weight excluding hydrogens is 303 g/mol. The van der Waals surface area contributed by atoms with Gasteiger partial charge in [0.05, 0.1) is 6.04 Å². The number of halogens is 4. The maximum absolute atomic E-state index is 13.1.